The Morgan fingerprint density at radius 3 is 2.56 bits per heavy atom. The van der Waals surface area contributed by atoms with Gasteiger partial charge >= 0.3 is 0 Å². The first-order chi connectivity index (χ1) is 7.54. The third kappa shape index (κ3) is 3.49. The number of benzene rings is 1. The summed E-state index contributed by atoms with van der Waals surface area (Å²) in [5.74, 6) is 1.03. The monoisotopic (exact) mass is 225 g/mol. The third-order valence-electron chi connectivity index (χ3n) is 2.73. The summed E-state index contributed by atoms with van der Waals surface area (Å²) in [7, 11) is 1.92. The molecule has 0 aromatic heterocycles. The lowest BCUT2D eigenvalue weighted by molar-refractivity contribution is 0.237. The van der Waals surface area contributed by atoms with Crippen LogP contribution in [0.25, 0.3) is 0 Å². The highest BCUT2D eigenvalue weighted by molar-refractivity contribution is 5.28. The van der Waals surface area contributed by atoms with Gasteiger partial charge in [0.05, 0.1) is 0 Å². The molecule has 0 saturated carbocycles. The highest BCUT2D eigenvalue weighted by Crippen LogP contribution is 2.16. The van der Waals surface area contributed by atoms with Crippen molar-refractivity contribution in [3.8, 4) is 5.75 Å². The molecular formula is C13H20FNO. The van der Waals surface area contributed by atoms with E-state index in [1.54, 1.807) is 19.1 Å². The maximum absolute atomic E-state index is 13.0. The molecule has 1 aromatic rings. The predicted molar refractivity (Wildman–Crippen MR) is 64.3 cm³/mol. The third-order valence-corrected chi connectivity index (χ3v) is 2.73. The highest BCUT2D eigenvalue weighted by atomic mass is 19.1. The first-order valence-corrected chi connectivity index (χ1v) is 5.60. The molecule has 1 unspecified atom stereocenters. The second-order valence-electron chi connectivity index (χ2n) is 4.36. The largest absolute Gasteiger partial charge is 0.492 e. The molecule has 0 amide bonds. The summed E-state index contributed by atoms with van der Waals surface area (Å²) in [6.07, 6.45) is 0. The van der Waals surface area contributed by atoms with Gasteiger partial charge in [-0.3, -0.25) is 0 Å². The normalized spacial score (nSPS) is 12.9. The fraction of sp³-hybridized carbons (Fsp3) is 0.538. The topological polar surface area (TPSA) is 21.3 Å². The zero-order chi connectivity index (χ0) is 12.1. The van der Waals surface area contributed by atoms with Crippen LogP contribution >= 0.6 is 0 Å². The van der Waals surface area contributed by atoms with Crippen molar-refractivity contribution < 1.29 is 9.13 Å². The molecule has 0 fully saturated rings. The molecule has 0 aliphatic carbocycles. The van der Waals surface area contributed by atoms with E-state index in [1.807, 2.05) is 7.05 Å². The number of aryl methyl sites for hydroxylation is 1. The van der Waals surface area contributed by atoms with Crippen LogP contribution in [0.4, 0.5) is 4.39 Å². The number of ether oxygens (including phenoxy) is 1. The number of hydrogen-bond donors (Lipinski definition) is 1. The van der Waals surface area contributed by atoms with Gasteiger partial charge in [-0.25, -0.2) is 4.39 Å². The molecule has 0 aliphatic rings. The van der Waals surface area contributed by atoms with Gasteiger partial charge in [0, 0.05) is 6.04 Å². The maximum Gasteiger partial charge on any atom is 0.126 e. The van der Waals surface area contributed by atoms with Crippen LogP contribution in [-0.2, 0) is 0 Å². The summed E-state index contributed by atoms with van der Waals surface area (Å²) in [4.78, 5) is 0. The minimum Gasteiger partial charge on any atom is -0.492 e. The Labute approximate surface area is 96.8 Å². The quantitative estimate of drug-likeness (QED) is 0.832. The lowest BCUT2D eigenvalue weighted by atomic mass is 10.1. The van der Waals surface area contributed by atoms with E-state index in [0.717, 1.165) is 5.75 Å². The van der Waals surface area contributed by atoms with E-state index in [-0.39, 0.29) is 5.82 Å². The fourth-order valence-electron chi connectivity index (χ4n) is 1.50. The van der Waals surface area contributed by atoms with Crippen molar-refractivity contribution >= 4 is 0 Å². The lowest BCUT2D eigenvalue weighted by Gasteiger charge is -2.20. The van der Waals surface area contributed by atoms with Gasteiger partial charge in [-0.1, -0.05) is 13.8 Å². The summed E-state index contributed by atoms with van der Waals surface area (Å²) < 4.78 is 18.7. The molecule has 0 heterocycles. The van der Waals surface area contributed by atoms with Crippen molar-refractivity contribution in [1.82, 2.24) is 5.32 Å². The Morgan fingerprint density at radius 2 is 2.06 bits per heavy atom. The van der Waals surface area contributed by atoms with Gasteiger partial charge in [0.15, 0.2) is 0 Å². The van der Waals surface area contributed by atoms with E-state index >= 15 is 0 Å². The Kier molecular flexibility index (Phi) is 4.74. The van der Waals surface area contributed by atoms with Gasteiger partial charge in [0.2, 0.25) is 0 Å². The van der Waals surface area contributed by atoms with E-state index in [9.17, 15) is 4.39 Å². The Balaban J connectivity index is 2.57. The van der Waals surface area contributed by atoms with Crippen LogP contribution in [0, 0.1) is 18.7 Å². The zero-order valence-electron chi connectivity index (χ0n) is 10.4. The molecule has 1 aromatic carbocycles. The van der Waals surface area contributed by atoms with E-state index in [4.69, 9.17) is 4.74 Å². The number of hydrogen-bond acceptors (Lipinski definition) is 2. The second-order valence-corrected chi connectivity index (χ2v) is 4.36. The zero-order valence-corrected chi connectivity index (χ0v) is 10.4. The smallest absolute Gasteiger partial charge is 0.126 e. The SMILES string of the molecule is CNC(COc1ccc(F)c(C)c1)C(C)C. The van der Waals surface area contributed by atoms with Crippen LogP contribution in [0.3, 0.4) is 0 Å². The standard InChI is InChI=1S/C13H20FNO/c1-9(2)13(15-4)8-16-11-5-6-12(14)10(3)7-11/h5-7,9,13,15H,8H2,1-4H3. The minimum absolute atomic E-state index is 0.193. The number of halogens is 1. The number of nitrogens with one attached hydrogen (secondary N) is 1. The van der Waals surface area contributed by atoms with Gasteiger partial charge in [-0.2, -0.15) is 0 Å². The van der Waals surface area contributed by atoms with Gasteiger partial charge in [-0.15, -0.1) is 0 Å². The number of likely N-dealkylation sites (N-methyl/N-ethyl adjacent to an activating group) is 1. The maximum atomic E-state index is 13.0. The van der Waals surface area contributed by atoms with Crippen LogP contribution in [-0.4, -0.2) is 19.7 Å². The van der Waals surface area contributed by atoms with Gasteiger partial charge in [-0.05, 0) is 43.7 Å². The van der Waals surface area contributed by atoms with E-state index in [2.05, 4.69) is 19.2 Å². The van der Waals surface area contributed by atoms with E-state index in [0.29, 0.717) is 24.1 Å². The van der Waals surface area contributed by atoms with Gasteiger partial charge in [0.25, 0.3) is 0 Å². The molecule has 0 spiro atoms. The molecular weight excluding hydrogens is 205 g/mol. The molecule has 0 aliphatic heterocycles. The summed E-state index contributed by atoms with van der Waals surface area (Å²) in [6, 6.07) is 5.14. The van der Waals surface area contributed by atoms with E-state index in [1.165, 1.54) is 6.07 Å². The molecule has 1 atom stereocenters. The number of rotatable bonds is 5. The average molecular weight is 225 g/mol. The highest BCUT2D eigenvalue weighted by Gasteiger charge is 2.11. The van der Waals surface area contributed by atoms with Crippen LogP contribution < -0.4 is 10.1 Å². The fourth-order valence-corrected chi connectivity index (χ4v) is 1.50. The van der Waals surface area contributed by atoms with Crippen LogP contribution in [0.2, 0.25) is 0 Å². The molecule has 1 N–H and O–H groups in total. The van der Waals surface area contributed by atoms with Crippen LogP contribution in [0.5, 0.6) is 5.75 Å². The Hall–Kier alpha value is -1.09. The minimum atomic E-state index is -0.193. The Bertz CT molecular complexity index is 339. The van der Waals surface area contributed by atoms with E-state index < -0.39 is 0 Å². The van der Waals surface area contributed by atoms with Crippen molar-refractivity contribution in [2.75, 3.05) is 13.7 Å². The summed E-state index contributed by atoms with van der Waals surface area (Å²) in [5, 5.41) is 3.20. The van der Waals surface area contributed by atoms with Crippen molar-refractivity contribution in [1.29, 1.82) is 0 Å². The first-order valence-electron chi connectivity index (χ1n) is 5.60. The van der Waals surface area contributed by atoms with Crippen molar-refractivity contribution in [3.05, 3.63) is 29.6 Å². The van der Waals surface area contributed by atoms with Crippen molar-refractivity contribution in [3.63, 3.8) is 0 Å². The average Bonchev–Trinajstić information content (AvgIpc) is 2.23. The van der Waals surface area contributed by atoms with Crippen LogP contribution in [0.1, 0.15) is 19.4 Å². The molecule has 0 bridgehead atoms. The summed E-state index contributed by atoms with van der Waals surface area (Å²) >= 11 is 0. The molecule has 2 nitrogen and oxygen atoms in total. The van der Waals surface area contributed by atoms with Crippen molar-refractivity contribution in [2.45, 2.75) is 26.8 Å². The lowest BCUT2D eigenvalue weighted by Crippen LogP contribution is -2.36. The van der Waals surface area contributed by atoms with Gasteiger partial charge in [0.1, 0.15) is 18.2 Å². The molecule has 16 heavy (non-hydrogen) atoms. The summed E-state index contributed by atoms with van der Waals surface area (Å²) in [5.41, 5.74) is 0.614. The van der Waals surface area contributed by atoms with Crippen LogP contribution in [0.15, 0.2) is 18.2 Å². The summed E-state index contributed by atoms with van der Waals surface area (Å²) in [6.45, 7) is 6.61. The molecule has 0 saturated heterocycles. The molecule has 1 rings (SSSR count). The molecule has 0 radical (unpaired) electrons. The predicted octanol–water partition coefficient (Wildman–Crippen LogP) is 2.76. The first kappa shape index (κ1) is 13.0. The second kappa shape index (κ2) is 5.85. The Morgan fingerprint density at radius 1 is 1.38 bits per heavy atom. The molecule has 3 heteroatoms. The van der Waals surface area contributed by atoms with Crippen molar-refractivity contribution in [2.24, 2.45) is 5.92 Å². The van der Waals surface area contributed by atoms with Gasteiger partial charge < -0.3 is 10.1 Å². The molecule has 90 valence electrons.